The van der Waals surface area contributed by atoms with Gasteiger partial charge in [-0.2, -0.15) is 0 Å². The predicted molar refractivity (Wildman–Crippen MR) is 247 cm³/mol. The van der Waals surface area contributed by atoms with E-state index in [0.717, 1.165) is 61.4 Å². The molecule has 0 saturated heterocycles. The average Bonchev–Trinajstić information content (AvgIpc) is 3.82. The van der Waals surface area contributed by atoms with Crippen LogP contribution in [0.2, 0.25) is 17.3 Å². The number of rotatable bonds is 8. The molecule has 5 aromatic carbocycles. The first-order valence-corrected chi connectivity index (χ1v) is 27.8. The maximum Gasteiger partial charge on any atom is 0 e. The molecule has 0 aliphatic heterocycles. The van der Waals surface area contributed by atoms with E-state index in [1.165, 1.54) is 26.6 Å². The Morgan fingerprint density at radius 3 is 2.07 bits per heavy atom. The number of hydrogen-bond donors (Lipinski definition) is 0. The molecule has 8 heteroatoms. The molecule has 305 valence electrons. The summed E-state index contributed by atoms with van der Waals surface area (Å²) < 4.78 is 18.4. The predicted octanol–water partition coefficient (Wildman–Crippen LogP) is 13.3. The van der Waals surface area contributed by atoms with Crippen molar-refractivity contribution in [2.75, 3.05) is 0 Å². The van der Waals surface area contributed by atoms with E-state index in [9.17, 15) is 0 Å². The summed E-state index contributed by atoms with van der Waals surface area (Å²) in [4.78, 5) is 18.7. The Hall–Kier alpha value is -5.21. The van der Waals surface area contributed by atoms with Crippen molar-refractivity contribution in [3.05, 3.63) is 157 Å². The van der Waals surface area contributed by atoms with E-state index in [1.807, 2.05) is 74.8 Å². The van der Waals surface area contributed by atoms with E-state index in [4.69, 9.17) is 10.8 Å². The summed E-state index contributed by atoms with van der Waals surface area (Å²) in [7, 11) is 0. The van der Waals surface area contributed by atoms with Crippen LogP contribution in [0.5, 0.6) is 0 Å². The number of furan rings is 1. The van der Waals surface area contributed by atoms with Gasteiger partial charge in [0.25, 0.3) is 0 Å². The largest absolute Gasteiger partial charge is 0 e. The molecule has 4 aromatic heterocycles. The van der Waals surface area contributed by atoms with Crippen LogP contribution in [-0.4, -0.2) is 37.8 Å². The maximum atomic E-state index is 8.44. The number of benzene rings is 5. The van der Waals surface area contributed by atoms with Gasteiger partial charge in [-0.15, -0.1) is 18.2 Å². The molecule has 0 N–H and O–H groups in total. The molecule has 0 spiro atoms. The van der Waals surface area contributed by atoms with E-state index >= 15 is 0 Å². The van der Waals surface area contributed by atoms with Gasteiger partial charge in [-0.3, -0.25) is 4.98 Å². The molecule has 4 heterocycles. The van der Waals surface area contributed by atoms with Crippen LogP contribution in [0.1, 0.15) is 77.3 Å². The average molecular weight is 1030 g/mol. The summed E-state index contributed by atoms with van der Waals surface area (Å²) in [5.41, 5.74) is 13.0. The van der Waals surface area contributed by atoms with Crippen LogP contribution in [0.25, 0.3) is 72.6 Å². The van der Waals surface area contributed by atoms with Crippen molar-refractivity contribution in [1.82, 2.24) is 24.5 Å². The van der Waals surface area contributed by atoms with Crippen LogP contribution in [0.4, 0.5) is 0 Å². The van der Waals surface area contributed by atoms with Crippen LogP contribution in [0, 0.1) is 12.1 Å². The number of hydrogen-bond acceptors (Lipinski definition) is 5. The second-order valence-corrected chi connectivity index (χ2v) is 27.6. The molecule has 0 atom stereocenters. The Morgan fingerprint density at radius 1 is 0.700 bits per heavy atom. The Balaban J connectivity index is 0.000000226. The summed E-state index contributed by atoms with van der Waals surface area (Å²) in [6.07, 6.45) is 5.42. The Morgan fingerprint density at radius 2 is 1.40 bits per heavy atom. The zero-order valence-corrected chi connectivity index (χ0v) is 40.2. The van der Waals surface area contributed by atoms with Crippen molar-refractivity contribution in [1.29, 1.82) is 0 Å². The summed E-state index contributed by atoms with van der Waals surface area (Å²) in [6, 6.07) is 44.0. The Bertz CT molecular complexity index is 2940. The van der Waals surface area contributed by atoms with E-state index < -0.39 is 19.2 Å². The standard InChI is InChI=1S/C35H29N4O.C17H22GeN.Ir/c1-21(2)28-17-24(23-11-6-5-7-12-23)18-29(22(3)4)32(28)39-30-19-36-20-37-34(30)38-35(39)27-15-10-14-26-25-13-8-9-16-31(25)40-33(26)27;1-13(2)15-11-17(14-9-7-6-8-10-14)19-12-16(15)18(3,4)5;/h5-14,16-22H,1-4H3;6-9,11-13H,1-5H3;/q2*-1;/i;13D;. The fraction of sp³-hybridized carbons (Fsp3) is 0.231. The summed E-state index contributed by atoms with van der Waals surface area (Å²) in [5.74, 6) is 7.72. The topological polar surface area (TPSA) is 69.6 Å². The first-order chi connectivity index (χ1) is 28.7. The van der Waals surface area contributed by atoms with Crippen molar-refractivity contribution >= 4 is 50.8 Å². The molecule has 9 aromatic rings. The molecule has 0 aliphatic carbocycles. The summed E-state index contributed by atoms with van der Waals surface area (Å²) >= 11 is -2.03. The Kier molecular flexibility index (Phi) is 12.3. The van der Waals surface area contributed by atoms with Gasteiger partial charge in [0.1, 0.15) is 17.4 Å². The van der Waals surface area contributed by atoms with Crippen molar-refractivity contribution in [2.24, 2.45) is 0 Å². The number of fused-ring (bicyclic) bond motifs is 4. The zero-order valence-electron chi connectivity index (χ0n) is 36.8. The molecule has 0 unspecified atom stereocenters. The second-order valence-electron chi connectivity index (χ2n) is 17.0. The number of pyridine rings is 1. The van der Waals surface area contributed by atoms with E-state index in [2.05, 4.69) is 137 Å². The second kappa shape index (κ2) is 17.8. The first kappa shape index (κ1) is 41.5. The smallest absolute Gasteiger partial charge is 0 e. The molecule has 9 rings (SSSR count). The minimum atomic E-state index is -2.03. The van der Waals surface area contributed by atoms with Crippen molar-refractivity contribution in [2.45, 2.75) is 76.5 Å². The fourth-order valence-corrected chi connectivity index (χ4v) is 11.2. The molecule has 0 fully saturated rings. The number of imidazole rings is 1. The first-order valence-electron chi connectivity index (χ1n) is 20.9. The zero-order chi connectivity index (χ0) is 42.3. The number of nitrogens with zero attached hydrogens (tertiary/aromatic N) is 5. The Labute approximate surface area is 371 Å². The molecule has 1 radical (unpaired) electrons. The van der Waals surface area contributed by atoms with Crippen LogP contribution in [-0.2, 0) is 20.1 Å². The van der Waals surface area contributed by atoms with Crippen molar-refractivity contribution in [3.8, 4) is 39.5 Å². The van der Waals surface area contributed by atoms with Crippen LogP contribution < -0.4 is 4.40 Å². The molecule has 0 saturated carbocycles. The van der Waals surface area contributed by atoms with Gasteiger partial charge in [-0.05, 0) is 52.3 Å². The third-order valence-electron chi connectivity index (χ3n) is 10.9. The minimum Gasteiger partial charge on any atom is 0 e. The molecule has 0 aliphatic rings. The van der Waals surface area contributed by atoms with Gasteiger partial charge in [-0.25, -0.2) is 9.97 Å². The van der Waals surface area contributed by atoms with Crippen molar-refractivity contribution < 1.29 is 25.9 Å². The SMILES string of the molecule is CC(C)c1cc(-c2ccccc2)cc(C(C)C)c1-n1c(-c2[c-]ccc3c2oc2ccccc23)nc2ncncc21.[2H]C(C)(C)c1cc(-c2[c-]cccc2)nc[c]1[Ge]([CH3])([CH3])[CH3].[Ir]. The third-order valence-corrected chi connectivity index (χ3v) is 15.1. The van der Waals surface area contributed by atoms with Gasteiger partial charge < -0.3 is 8.98 Å². The molecule has 60 heavy (non-hydrogen) atoms. The van der Waals surface area contributed by atoms with E-state index in [0.29, 0.717) is 5.65 Å². The van der Waals surface area contributed by atoms with Gasteiger partial charge in [-0.1, -0.05) is 87.2 Å². The monoisotopic (exact) mass is 1030 g/mol. The molecule has 6 nitrogen and oxygen atoms in total. The van der Waals surface area contributed by atoms with Crippen LogP contribution >= 0.6 is 0 Å². The van der Waals surface area contributed by atoms with Gasteiger partial charge in [0.05, 0.1) is 17.6 Å². The van der Waals surface area contributed by atoms with E-state index in [1.54, 1.807) is 6.33 Å². The fourth-order valence-electron chi connectivity index (χ4n) is 7.86. The van der Waals surface area contributed by atoms with Crippen LogP contribution in [0.15, 0.2) is 132 Å². The van der Waals surface area contributed by atoms with Gasteiger partial charge in [0, 0.05) is 31.2 Å². The van der Waals surface area contributed by atoms with Gasteiger partial charge in [0.2, 0.25) is 0 Å². The van der Waals surface area contributed by atoms with Crippen molar-refractivity contribution in [3.63, 3.8) is 0 Å². The molecular formula is C52H51GeIrN5O-2. The number of aromatic nitrogens is 5. The molecule has 0 amide bonds. The van der Waals surface area contributed by atoms with E-state index in [-0.39, 0.29) is 31.9 Å². The summed E-state index contributed by atoms with van der Waals surface area (Å²) in [6.45, 7) is 12.9. The van der Waals surface area contributed by atoms with Gasteiger partial charge >= 0.3 is 120 Å². The summed E-state index contributed by atoms with van der Waals surface area (Å²) in [5, 5.41) is 2.12. The quantitative estimate of drug-likeness (QED) is 0.112. The maximum absolute atomic E-state index is 8.44. The van der Waals surface area contributed by atoms with Gasteiger partial charge in [0.15, 0.2) is 5.65 Å². The van der Waals surface area contributed by atoms with Crippen LogP contribution in [0.3, 0.4) is 0 Å². The minimum absolute atomic E-state index is 0. The third kappa shape index (κ3) is 8.41. The molecular weight excluding hydrogens is 975 g/mol. The number of para-hydroxylation sites is 1. The normalized spacial score (nSPS) is 12.2. The molecule has 0 bridgehead atoms.